The van der Waals surface area contributed by atoms with Crippen LogP contribution in [0.4, 0.5) is 18.0 Å². The summed E-state index contributed by atoms with van der Waals surface area (Å²) in [6.45, 7) is 0.776. The van der Waals surface area contributed by atoms with Crippen molar-refractivity contribution in [2.24, 2.45) is 0 Å². The molecule has 0 aliphatic carbocycles. The van der Waals surface area contributed by atoms with Crippen LogP contribution in [0.1, 0.15) is 30.3 Å². The van der Waals surface area contributed by atoms with Crippen LogP contribution >= 0.6 is 0 Å². The highest BCUT2D eigenvalue weighted by Crippen LogP contribution is 2.36. The number of hydrogen-bond donors (Lipinski definition) is 0. The number of alkyl halides is 3. The topological polar surface area (TPSA) is 60.2 Å². The van der Waals surface area contributed by atoms with Crippen LogP contribution in [0.2, 0.25) is 0 Å². The minimum Gasteiger partial charge on any atom is -0.445 e. The lowest BCUT2D eigenvalue weighted by molar-refractivity contribution is -0.148. The van der Waals surface area contributed by atoms with Gasteiger partial charge in [-0.2, -0.15) is 13.2 Å². The predicted molar refractivity (Wildman–Crippen MR) is 99.0 cm³/mol. The number of fused-ring (bicyclic) bond motifs is 1. The molecule has 0 saturated carbocycles. The van der Waals surface area contributed by atoms with Gasteiger partial charge in [-0.15, -0.1) is 0 Å². The number of carbonyl (C=O) groups excluding carboxylic acids is 1. The third-order valence-electron chi connectivity index (χ3n) is 5.00. The molecule has 29 heavy (non-hydrogen) atoms. The van der Waals surface area contributed by atoms with Crippen molar-refractivity contribution in [3.63, 3.8) is 0 Å². The summed E-state index contributed by atoms with van der Waals surface area (Å²) in [5.74, 6) is -0.948. The van der Waals surface area contributed by atoms with Gasteiger partial charge in [0.15, 0.2) is 5.65 Å². The van der Waals surface area contributed by atoms with Crippen LogP contribution in [0.15, 0.2) is 48.7 Å². The second kappa shape index (κ2) is 7.73. The van der Waals surface area contributed by atoms with E-state index in [0.29, 0.717) is 25.9 Å². The van der Waals surface area contributed by atoms with E-state index in [1.807, 2.05) is 30.3 Å². The number of piperidine rings is 1. The molecule has 9 heteroatoms. The van der Waals surface area contributed by atoms with Gasteiger partial charge in [0.05, 0.1) is 0 Å². The molecule has 1 aliphatic heterocycles. The first-order chi connectivity index (χ1) is 13.9. The van der Waals surface area contributed by atoms with Gasteiger partial charge in [-0.25, -0.2) is 14.8 Å². The van der Waals surface area contributed by atoms with Crippen molar-refractivity contribution in [2.45, 2.75) is 31.7 Å². The van der Waals surface area contributed by atoms with E-state index in [0.717, 1.165) is 5.56 Å². The molecule has 0 radical (unpaired) electrons. The second-order valence-corrected chi connectivity index (χ2v) is 6.91. The van der Waals surface area contributed by atoms with E-state index in [-0.39, 0.29) is 17.8 Å². The van der Waals surface area contributed by atoms with E-state index < -0.39 is 24.1 Å². The van der Waals surface area contributed by atoms with Crippen LogP contribution in [-0.4, -0.2) is 38.6 Å². The van der Waals surface area contributed by atoms with Crippen LogP contribution in [-0.2, 0) is 17.5 Å². The highest BCUT2D eigenvalue weighted by Gasteiger charge is 2.40. The summed E-state index contributed by atoms with van der Waals surface area (Å²) in [5, 5.41) is 0. The lowest BCUT2D eigenvalue weighted by Gasteiger charge is -2.32. The number of aromatic nitrogens is 3. The lowest BCUT2D eigenvalue weighted by atomic mass is 10.0. The Bertz CT molecular complexity index is 996. The van der Waals surface area contributed by atoms with Crippen LogP contribution in [0.5, 0.6) is 0 Å². The number of rotatable bonds is 3. The molecule has 2 aromatic heterocycles. The Hall–Kier alpha value is -3.10. The highest BCUT2D eigenvalue weighted by molar-refractivity contribution is 5.71. The highest BCUT2D eigenvalue weighted by atomic mass is 19.4. The third-order valence-corrected chi connectivity index (χ3v) is 5.00. The van der Waals surface area contributed by atoms with Gasteiger partial charge >= 0.3 is 12.3 Å². The minimum absolute atomic E-state index is 0.161. The van der Waals surface area contributed by atoms with E-state index in [4.69, 9.17) is 4.74 Å². The maximum absolute atomic E-state index is 13.5. The average Bonchev–Trinajstić information content (AvgIpc) is 3.13. The Morgan fingerprint density at radius 1 is 1.10 bits per heavy atom. The van der Waals surface area contributed by atoms with Crippen LogP contribution in [0.3, 0.4) is 0 Å². The number of pyridine rings is 1. The quantitative estimate of drug-likeness (QED) is 0.648. The van der Waals surface area contributed by atoms with Crippen molar-refractivity contribution >= 4 is 17.3 Å². The number of carbonyl (C=O) groups is 1. The molecule has 6 nitrogen and oxygen atoms in total. The Balaban J connectivity index is 1.45. The van der Waals surface area contributed by atoms with Crippen molar-refractivity contribution in [1.82, 2.24) is 19.4 Å². The van der Waals surface area contributed by atoms with E-state index in [2.05, 4.69) is 9.97 Å². The molecular weight excluding hydrogens is 385 g/mol. The average molecular weight is 404 g/mol. The number of ether oxygens (including phenoxy) is 1. The summed E-state index contributed by atoms with van der Waals surface area (Å²) < 4.78 is 47.0. The molecule has 0 bridgehead atoms. The van der Waals surface area contributed by atoms with E-state index >= 15 is 0 Å². The molecule has 0 atom stereocenters. The fraction of sp³-hybridized carbons (Fsp3) is 0.350. The first-order valence-electron chi connectivity index (χ1n) is 9.29. The standard InChI is InChI=1S/C20H19F3N4O2/c21-20(22,23)18-25-16-7-4-10-24-17(16)27(18)15-8-11-26(12-9-15)19(28)29-13-14-5-2-1-3-6-14/h1-7,10,15H,8-9,11-13H2. The number of nitrogens with zero attached hydrogens (tertiary/aromatic N) is 4. The zero-order chi connectivity index (χ0) is 20.4. The monoisotopic (exact) mass is 404 g/mol. The van der Waals surface area contributed by atoms with Crippen molar-refractivity contribution in [3.8, 4) is 0 Å². The smallest absolute Gasteiger partial charge is 0.445 e. The summed E-state index contributed by atoms with van der Waals surface area (Å²) in [6, 6.07) is 11.9. The zero-order valence-corrected chi connectivity index (χ0v) is 15.5. The summed E-state index contributed by atoms with van der Waals surface area (Å²) >= 11 is 0. The van der Waals surface area contributed by atoms with Gasteiger partial charge < -0.3 is 14.2 Å². The van der Waals surface area contributed by atoms with Crippen molar-refractivity contribution < 1.29 is 22.7 Å². The maximum Gasteiger partial charge on any atom is 0.449 e. The largest absolute Gasteiger partial charge is 0.449 e. The molecule has 1 amide bonds. The van der Waals surface area contributed by atoms with E-state index in [1.165, 1.54) is 21.7 Å². The number of amides is 1. The summed E-state index contributed by atoms with van der Waals surface area (Å²) in [5.41, 5.74) is 1.30. The molecule has 152 valence electrons. The molecule has 3 heterocycles. The zero-order valence-electron chi connectivity index (χ0n) is 15.5. The fourth-order valence-electron chi connectivity index (χ4n) is 3.59. The SMILES string of the molecule is O=C(OCc1ccccc1)N1CCC(n2c(C(F)(F)F)nc3cccnc32)CC1. The number of halogens is 3. The molecule has 1 fully saturated rings. The van der Waals surface area contributed by atoms with Crippen molar-refractivity contribution in [2.75, 3.05) is 13.1 Å². The van der Waals surface area contributed by atoms with Crippen molar-refractivity contribution in [3.05, 3.63) is 60.0 Å². The lowest BCUT2D eigenvalue weighted by Crippen LogP contribution is -2.40. The molecule has 0 unspecified atom stereocenters. The van der Waals surface area contributed by atoms with Gasteiger partial charge in [0.1, 0.15) is 12.1 Å². The molecular formula is C20H19F3N4O2. The van der Waals surface area contributed by atoms with E-state index in [1.54, 1.807) is 6.07 Å². The predicted octanol–water partition coefficient (Wildman–Crippen LogP) is 4.42. The van der Waals surface area contributed by atoms with Gasteiger partial charge in [-0.05, 0) is 30.5 Å². The Kier molecular flexibility index (Phi) is 5.12. The summed E-state index contributed by atoms with van der Waals surface area (Å²) in [4.78, 5) is 21.7. The summed E-state index contributed by atoms with van der Waals surface area (Å²) in [7, 11) is 0. The second-order valence-electron chi connectivity index (χ2n) is 6.91. The van der Waals surface area contributed by atoms with Gasteiger partial charge in [-0.1, -0.05) is 30.3 Å². The molecule has 1 aliphatic rings. The Labute approximate surface area is 164 Å². The molecule has 1 saturated heterocycles. The third kappa shape index (κ3) is 4.03. The van der Waals surface area contributed by atoms with Crippen LogP contribution < -0.4 is 0 Å². The molecule has 1 aromatic carbocycles. The molecule has 3 aromatic rings. The number of imidazole rings is 1. The fourth-order valence-corrected chi connectivity index (χ4v) is 3.59. The molecule has 4 rings (SSSR count). The first-order valence-corrected chi connectivity index (χ1v) is 9.29. The van der Waals surface area contributed by atoms with Gasteiger partial charge in [0.25, 0.3) is 0 Å². The summed E-state index contributed by atoms with van der Waals surface area (Å²) in [6.07, 6.45) is -2.85. The number of hydrogen-bond acceptors (Lipinski definition) is 4. The first kappa shape index (κ1) is 19.2. The van der Waals surface area contributed by atoms with Gasteiger partial charge in [-0.3, -0.25) is 0 Å². The van der Waals surface area contributed by atoms with Gasteiger partial charge in [0, 0.05) is 25.3 Å². The van der Waals surface area contributed by atoms with Gasteiger partial charge in [0.2, 0.25) is 5.82 Å². The normalized spacial score (nSPS) is 15.6. The maximum atomic E-state index is 13.5. The molecule has 0 spiro atoms. The van der Waals surface area contributed by atoms with E-state index in [9.17, 15) is 18.0 Å². The van der Waals surface area contributed by atoms with Crippen LogP contribution in [0.25, 0.3) is 11.2 Å². The van der Waals surface area contributed by atoms with Crippen molar-refractivity contribution in [1.29, 1.82) is 0 Å². The number of benzene rings is 1. The minimum atomic E-state index is -4.58. The number of likely N-dealkylation sites (tertiary alicyclic amines) is 1. The molecule has 0 N–H and O–H groups in total. The Morgan fingerprint density at radius 2 is 1.83 bits per heavy atom. The Morgan fingerprint density at radius 3 is 2.52 bits per heavy atom. The van der Waals surface area contributed by atoms with Crippen LogP contribution in [0, 0.1) is 0 Å².